The van der Waals surface area contributed by atoms with Crippen molar-refractivity contribution in [2.24, 2.45) is 0 Å². The summed E-state index contributed by atoms with van der Waals surface area (Å²) >= 11 is 0. The molecule has 0 aromatic heterocycles. The summed E-state index contributed by atoms with van der Waals surface area (Å²) in [6.07, 6.45) is -7.88. The Balaban J connectivity index is 1.77. The summed E-state index contributed by atoms with van der Waals surface area (Å²) in [5.41, 5.74) is -1.02. The van der Waals surface area contributed by atoms with Crippen molar-refractivity contribution in [3.8, 4) is 0 Å². The Hall–Kier alpha value is -2.71. The van der Waals surface area contributed by atoms with Gasteiger partial charge in [-0.1, -0.05) is 12.1 Å². The van der Waals surface area contributed by atoms with Gasteiger partial charge in [0, 0.05) is 6.54 Å². The Morgan fingerprint density at radius 2 is 1.59 bits per heavy atom. The van der Waals surface area contributed by atoms with Gasteiger partial charge in [-0.05, 0) is 48.7 Å². The maximum Gasteiger partial charge on any atom is 0.416 e. The number of hydrogen-bond donors (Lipinski definition) is 0. The Labute approximate surface area is 162 Å². The largest absolute Gasteiger partial charge is 0.416 e. The zero-order valence-electron chi connectivity index (χ0n) is 15.0. The van der Waals surface area contributed by atoms with E-state index >= 15 is 0 Å². The quantitative estimate of drug-likeness (QED) is 0.628. The smallest absolute Gasteiger partial charge is 0.358 e. The van der Waals surface area contributed by atoms with Gasteiger partial charge >= 0.3 is 12.4 Å². The SMILES string of the molecule is O=C1[C@H]2CCCN2c2ccc(C(F)(F)F)cc2N1Cc1cccc(C(F)(F)F)c1. The first-order valence-corrected chi connectivity index (χ1v) is 9.01. The lowest BCUT2D eigenvalue weighted by atomic mass is 10.0. The van der Waals surface area contributed by atoms with Crippen LogP contribution in [0.1, 0.15) is 29.5 Å². The van der Waals surface area contributed by atoms with Gasteiger partial charge in [0.25, 0.3) is 0 Å². The number of carbonyl (C=O) groups is 1. The average molecular weight is 414 g/mol. The zero-order chi connectivity index (χ0) is 21.0. The molecular formula is C20H16F6N2O. The molecule has 0 spiro atoms. The Bertz CT molecular complexity index is 953. The summed E-state index contributed by atoms with van der Waals surface area (Å²) in [5, 5.41) is 0. The highest BCUT2D eigenvalue weighted by Crippen LogP contribution is 2.44. The van der Waals surface area contributed by atoms with Gasteiger partial charge in [-0.25, -0.2) is 0 Å². The Morgan fingerprint density at radius 1 is 0.897 bits per heavy atom. The van der Waals surface area contributed by atoms with Crippen LogP contribution >= 0.6 is 0 Å². The second-order valence-electron chi connectivity index (χ2n) is 7.18. The molecule has 3 nitrogen and oxygen atoms in total. The van der Waals surface area contributed by atoms with Gasteiger partial charge < -0.3 is 9.80 Å². The average Bonchev–Trinajstić information content (AvgIpc) is 3.14. The van der Waals surface area contributed by atoms with Crippen molar-refractivity contribution in [3.05, 3.63) is 59.2 Å². The van der Waals surface area contributed by atoms with Crippen LogP contribution in [0.5, 0.6) is 0 Å². The lowest BCUT2D eigenvalue weighted by Gasteiger charge is -2.40. The number of anilines is 2. The molecule has 1 amide bonds. The van der Waals surface area contributed by atoms with Crippen molar-refractivity contribution in [2.75, 3.05) is 16.3 Å². The summed E-state index contributed by atoms with van der Waals surface area (Å²) in [6.45, 7) is 0.313. The fraction of sp³-hybridized carbons (Fsp3) is 0.350. The first kappa shape index (κ1) is 19.6. The third-order valence-electron chi connectivity index (χ3n) is 5.30. The number of benzene rings is 2. The number of amides is 1. The molecular weight excluding hydrogens is 398 g/mol. The monoisotopic (exact) mass is 414 g/mol. The van der Waals surface area contributed by atoms with Gasteiger partial charge in [-0.2, -0.15) is 26.3 Å². The van der Waals surface area contributed by atoms with E-state index in [1.165, 1.54) is 23.1 Å². The number of rotatable bonds is 2. The van der Waals surface area contributed by atoms with E-state index in [0.717, 1.165) is 24.3 Å². The number of halogens is 6. The van der Waals surface area contributed by atoms with Gasteiger partial charge in [-0.3, -0.25) is 4.79 Å². The summed E-state index contributed by atoms with van der Waals surface area (Å²) in [6, 6.07) is 7.17. The molecule has 1 saturated heterocycles. The molecule has 9 heteroatoms. The van der Waals surface area contributed by atoms with Crippen LogP contribution in [0.4, 0.5) is 37.7 Å². The minimum Gasteiger partial charge on any atom is -0.358 e. The zero-order valence-corrected chi connectivity index (χ0v) is 15.0. The predicted octanol–water partition coefficient (Wildman–Crippen LogP) is 5.24. The molecule has 0 N–H and O–H groups in total. The van der Waals surface area contributed by atoms with Gasteiger partial charge in [0.2, 0.25) is 5.91 Å². The van der Waals surface area contributed by atoms with Crippen LogP contribution < -0.4 is 9.80 Å². The number of hydrogen-bond acceptors (Lipinski definition) is 2. The number of fused-ring (bicyclic) bond motifs is 3. The van der Waals surface area contributed by atoms with Crippen LogP contribution in [-0.2, 0) is 23.7 Å². The molecule has 1 atom stereocenters. The second kappa shape index (κ2) is 6.67. The van der Waals surface area contributed by atoms with Crippen molar-refractivity contribution in [1.82, 2.24) is 0 Å². The molecule has 0 radical (unpaired) electrons. The molecule has 2 aliphatic heterocycles. The van der Waals surface area contributed by atoms with Crippen molar-refractivity contribution in [2.45, 2.75) is 37.8 Å². The van der Waals surface area contributed by atoms with E-state index < -0.39 is 35.4 Å². The van der Waals surface area contributed by atoms with E-state index in [-0.39, 0.29) is 17.8 Å². The molecule has 2 aromatic rings. The molecule has 2 heterocycles. The fourth-order valence-electron chi connectivity index (χ4n) is 3.96. The van der Waals surface area contributed by atoms with E-state index in [2.05, 4.69) is 0 Å². The molecule has 0 unspecified atom stereocenters. The Morgan fingerprint density at radius 3 is 2.28 bits per heavy atom. The molecule has 0 saturated carbocycles. The topological polar surface area (TPSA) is 23.6 Å². The molecule has 2 aromatic carbocycles. The maximum atomic E-state index is 13.2. The standard InChI is InChI=1S/C20H16F6N2O/c21-19(22,23)13-4-1-3-12(9-13)11-28-17-10-14(20(24,25)26)6-7-15(17)27-8-2-5-16(27)18(28)29/h1,3-4,6-7,9-10,16H,2,5,8,11H2/t16-/m1/s1. The van der Waals surface area contributed by atoms with Gasteiger partial charge in [0.1, 0.15) is 6.04 Å². The maximum absolute atomic E-state index is 13.2. The summed E-state index contributed by atoms with van der Waals surface area (Å²) in [7, 11) is 0. The molecule has 4 rings (SSSR count). The van der Waals surface area contributed by atoms with Crippen LogP contribution in [0.3, 0.4) is 0 Å². The minimum absolute atomic E-state index is 0.0698. The van der Waals surface area contributed by atoms with E-state index in [1.807, 2.05) is 0 Å². The summed E-state index contributed by atoms with van der Waals surface area (Å²) < 4.78 is 78.7. The van der Waals surface area contributed by atoms with Crippen molar-refractivity contribution >= 4 is 17.3 Å². The second-order valence-corrected chi connectivity index (χ2v) is 7.18. The third kappa shape index (κ3) is 3.54. The molecule has 0 bridgehead atoms. The van der Waals surface area contributed by atoms with Crippen LogP contribution in [0.2, 0.25) is 0 Å². The lowest BCUT2D eigenvalue weighted by molar-refractivity contribution is -0.138. The summed E-state index contributed by atoms with van der Waals surface area (Å²) in [5.74, 6) is -0.397. The molecule has 29 heavy (non-hydrogen) atoms. The van der Waals surface area contributed by atoms with Crippen molar-refractivity contribution in [3.63, 3.8) is 0 Å². The predicted molar refractivity (Wildman–Crippen MR) is 94.4 cm³/mol. The van der Waals surface area contributed by atoms with Crippen LogP contribution in [0.25, 0.3) is 0 Å². The fourth-order valence-corrected chi connectivity index (χ4v) is 3.96. The number of carbonyl (C=O) groups excluding carboxylic acids is 1. The third-order valence-corrected chi connectivity index (χ3v) is 5.30. The van der Waals surface area contributed by atoms with Gasteiger partial charge in [0.15, 0.2) is 0 Å². The Kier molecular flexibility index (Phi) is 4.51. The minimum atomic E-state index is -4.60. The molecule has 2 aliphatic rings. The molecule has 0 aliphatic carbocycles. The van der Waals surface area contributed by atoms with Gasteiger partial charge in [-0.15, -0.1) is 0 Å². The van der Waals surface area contributed by atoms with Crippen LogP contribution in [0, 0.1) is 0 Å². The van der Waals surface area contributed by atoms with E-state index in [4.69, 9.17) is 0 Å². The van der Waals surface area contributed by atoms with Crippen LogP contribution in [-0.4, -0.2) is 18.5 Å². The highest BCUT2D eigenvalue weighted by molar-refractivity contribution is 6.06. The molecule has 1 fully saturated rings. The van der Waals surface area contributed by atoms with Crippen LogP contribution in [0.15, 0.2) is 42.5 Å². The van der Waals surface area contributed by atoms with E-state index in [1.54, 1.807) is 4.90 Å². The first-order valence-electron chi connectivity index (χ1n) is 9.01. The van der Waals surface area contributed by atoms with E-state index in [9.17, 15) is 31.1 Å². The lowest BCUT2D eigenvalue weighted by Crippen LogP contribution is -2.50. The van der Waals surface area contributed by atoms with Crippen molar-refractivity contribution < 1.29 is 31.1 Å². The van der Waals surface area contributed by atoms with Gasteiger partial charge in [0.05, 0.1) is 29.0 Å². The first-order chi connectivity index (χ1) is 13.6. The normalized spacial score (nSPS) is 19.4. The van der Waals surface area contributed by atoms with E-state index in [0.29, 0.717) is 25.1 Å². The highest BCUT2D eigenvalue weighted by Gasteiger charge is 2.42. The summed E-state index contributed by atoms with van der Waals surface area (Å²) in [4.78, 5) is 15.9. The molecule has 154 valence electrons. The highest BCUT2D eigenvalue weighted by atomic mass is 19.4. The number of nitrogens with zero attached hydrogens (tertiary/aromatic N) is 2. The number of alkyl halides is 6. The van der Waals surface area contributed by atoms with Crippen molar-refractivity contribution in [1.29, 1.82) is 0 Å².